The van der Waals surface area contributed by atoms with E-state index in [0.29, 0.717) is 11.7 Å². The number of ketones is 1. The molecule has 0 radical (unpaired) electrons. The van der Waals surface area contributed by atoms with Gasteiger partial charge in [0.05, 0.1) is 5.56 Å². The summed E-state index contributed by atoms with van der Waals surface area (Å²) < 4.78 is 0. The summed E-state index contributed by atoms with van der Waals surface area (Å²) in [4.78, 5) is 23.1. The number of anilines is 2. The number of carbonyl (C=O) groups is 1. The Labute approximate surface area is 225 Å². The van der Waals surface area contributed by atoms with E-state index in [9.17, 15) is 4.79 Å². The van der Waals surface area contributed by atoms with E-state index in [1.54, 1.807) is 0 Å². The van der Waals surface area contributed by atoms with Gasteiger partial charge < -0.3 is 25.8 Å². The van der Waals surface area contributed by atoms with Crippen molar-refractivity contribution in [2.75, 3.05) is 49.9 Å². The average Bonchev–Trinajstić information content (AvgIpc) is 3.61. The van der Waals surface area contributed by atoms with Gasteiger partial charge in [-0.3, -0.25) is 4.79 Å². The number of aromatic nitrogens is 1. The quantitative estimate of drug-likeness (QED) is 0.430. The molecular weight excluding hydrogens is 470 g/mol. The highest BCUT2D eigenvalue weighted by atomic mass is 16.1. The van der Waals surface area contributed by atoms with Crippen molar-refractivity contribution in [1.82, 2.24) is 15.2 Å². The molecule has 1 aliphatic carbocycles. The van der Waals surface area contributed by atoms with Crippen molar-refractivity contribution in [2.24, 2.45) is 0 Å². The maximum absolute atomic E-state index is 14.2. The lowest BCUT2D eigenvalue weighted by Crippen LogP contribution is -2.44. The summed E-state index contributed by atoms with van der Waals surface area (Å²) in [6.07, 6.45) is 8.45. The Bertz CT molecular complexity index is 1450. The Hall–Kier alpha value is -3.09. The summed E-state index contributed by atoms with van der Waals surface area (Å²) in [5, 5.41) is 4.43. The molecule has 2 fully saturated rings. The van der Waals surface area contributed by atoms with Gasteiger partial charge in [0, 0.05) is 70.2 Å². The molecule has 3 aromatic rings. The molecule has 4 heterocycles. The molecule has 0 atom stereocenters. The Kier molecular flexibility index (Phi) is 5.68. The zero-order valence-corrected chi connectivity index (χ0v) is 22.7. The third-order valence-electron chi connectivity index (χ3n) is 9.60. The van der Waals surface area contributed by atoms with Crippen LogP contribution in [0.4, 0.5) is 11.4 Å². The first-order valence-corrected chi connectivity index (χ1v) is 14.5. The summed E-state index contributed by atoms with van der Waals surface area (Å²) in [5.74, 6) is 0.125. The number of nitrogens with one attached hydrogen (secondary N) is 2. The molecule has 6 nitrogen and oxygen atoms in total. The van der Waals surface area contributed by atoms with Crippen molar-refractivity contribution >= 4 is 33.6 Å². The zero-order chi connectivity index (χ0) is 26.0. The number of nitrogens with zero attached hydrogens (tertiary/aromatic N) is 2. The highest BCUT2D eigenvalue weighted by Crippen LogP contribution is 2.47. The van der Waals surface area contributed by atoms with E-state index in [0.717, 1.165) is 65.9 Å². The molecule has 0 saturated carbocycles. The van der Waals surface area contributed by atoms with Crippen molar-refractivity contribution in [3.63, 3.8) is 0 Å². The summed E-state index contributed by atoms with van der Waals surface area (Å²) >= 11 is 0. The third-order valence-corrected chi connectivity index (χ3v) is 9.60. The number of aromatic amines is 1. The van der Waals surface area contributed by atoms with Crippen LogP contribution in [0.1, 0.15) is 78.7 Å². The van der Waals surface area contributed by atoms with Crippen LogP contribution in [-0.4, -0.2) is 61.0 Å². The van der Waals surface area contributed by atoms with E-state index < -0.39 is 0 Å². The van der Waals surface area contributed by atoms with Crippen molar-refractivity contribution in [1.29, 1.82) is 0 Å². The number of nitrogens with two attached hydrogens (primary N) is 1. The summed E-state index contributed by atoms with van der Waals surface area (Å²) in [6, 6.07) is 11.2. The van der Waals surface area contributed by atoms with E-state index in [1.165, 1.54) is 55.6 Å². The lowest BCUT2D eigenvalue weighted by molar-refractivity contribution is 0.103. The molecule has 7 rings (SSSR count). The topological polar surface area (TPSA) is 77.4 Å². The lowest BCUT2D eigenvalue weighted by atomic mass is 9.70. The predicted molar refractivity (Wildman–Crippen MR) is 156 cm³/mol. The van der Waals surface area contributed by atoms with Gasteiger partial charge >= 0.3 is 0 Å². The minimum atomic E-state index is -0.323. The second kappa shape index (κ2) is 8.99. The van der Waals surface area contributed by atoms with Crippen LogP contribution in [0.3, 0.4) is 0 Å². The number of piperidine rings is 1. The second-order valence-electron chi connectivity index (χ2n) is 12.2. The van der Waals surface area contributed by atoms with Gasteiger partial charge in [-0.15, -0.1) is 0 Å². The van der Waals surface area contributed by atoms with Crippen molar-refractivity contribution in [3.8, 4) is 0 Å². The molecule has 4 aliphatic rings. The molecule has 0 amide bonds. The number of nitrogen functional groups attached to an aromatic ring is 1. The predicted octanol–water partition coefficient (Wildman–Crippen LogP) is 5.06. The molecule has 38 heavy (non-hydrogen) atoms. The molecule has 2 aromatic carbocycles. The van der Waals surface area contributed by atoms with E-state index >= 15 is 0 Å². The standard InChI is InChI=1S/C32H39N5O/c1-32(2)26-19-28(37-15-9-22(10-16-37)36-13-3-4-14-36)24(20-7-11-34-12-8-20)18-25(26)30(38)29-23-6-5-21(33)17-27(23)35-31(29)32/h5-7,17-19,22,34-35H,3-4,8-16,33H2,1-2H3. The number of hydrogen-bond donors (Lipinski definition) is 3. The first-order chi connectivity index (χ1) is 18.4. The molecule has 0 unspecified atom stereocenters. The molecule has 0 spiro atoms. The maximum atomic E-state index is 14.2. The number of H-pyrrole nitrogens is 1. The highest BCUT2D eigenvalue weighted by molar-refractivity contribution is 6.20. The Morgan fingerprint density at radius 2 is 1.79 bits per heavy atom. The Morgan fingerprint density at radius 3 is 2.53 bits per heavy atom. The van der Waals surface area contributed by atoms with Gasteiger partial charge in [-0.25, -0.2) is 0 Å². The van der Waals surface area contributed by atoms with Gasteiger partial charge in [0.2, 0.25) is 0 Å². The SMILES string of the molecule is CC1(C)c2cc(N3CCC(N4CCCC4)CC3)c(C3=CCNCC3)cc2C(=O)c2c1[nH]c1cc(N)ccc21. The van der Waals surface area contributed by atoms with Crippen molar-refractivity contribution < 1.29 is 4.79 Å². The molecule has 1 aromatic heterocycles. The number of likely N-dealkylation sites (tertiary alicyclic amines) is 1. The van der Waals surface area contributed by atoms with Gasteiger partial charge in [0.15, 0.2) is 5.78 Å². The summed E-state index contributed by atoms with van der Waals surface area (Å²) in [5.41, 5.74) is 15.1. The van der Waals surface area contributed by atoms with E-state index in [1.807, 2.05) is 18.2 Å². The molecule has 6 heteroatoms. The summed E-state index contributed by atoms with van der Waals surface area (Å²) in [6.45, 7) is 11.1. The normalized spacial score (nSPS) is 22.0. The van der Waals surface area contributed by atoms with Gasteiger partial charge in [-0.05, 0) is 87.1 Å². The van der Waals surface area contributed by atoms with Gasteiger partial charge in [0.25, 0.3) is 0 Å². The fourth-order valence-electron chi connectivity index (χ4n) is 7.45. The number of fused-ring (bicyclic) bond motifs is 4. The van der Waals surface area contributed by atoms with E-state index in [2.05, 4.69) is 52.2 Å². The number of hydrogen-bond acceptors (Lipinski definition) is 5. The van der Waals surface area contributed by atoms with Crippen LogP contribution in [0.5, 0.6) is 0 Å². The second-order valence-corrected chi connectivity index (χ2v) is 12.2. The molecule has 2 saturated heterocycles. The van der Waals surface area contributed by atoms with Crippen molar-refractivity contribution in [2.45, 2.75) is 57.4 Å². The third kappa shape index (κ3) is 3.72. The average molecular weight is 510 g/mol. The fraction of sp³-hybridized carbons (Fsp3) is 0.469. The number of benzene rings is 2. The number of carbonyl (C=O) groups excluding carboxylic acids is 1. The van der Waals surface area contributed by atoms with Crippen LogP contribution in [0.15, 0.2) is 36.4 Å². The van der Waals surface area contributed by atoms with Gasteiger partial charge in [0.1, 0.15) is 0 Å². The smallest absolute Gasteiger partial charge is 0.195 e. The fourth-order valence-corrected chi connectivity index (χ4v) is 7.45. The van der Waals surface area contributed by atoms with Crippen LogP contribution in [0.2, 0.25) is 0 Å². The highest BCUT2D eigenvalue weighted by Gasteiger charge is 2.41. The molecule has 4 N–H and O–H groups in total. The van der Waals surface area contributed by atoms with Gasteiger partial charge in [-0.2, -0.15) is 0 Å². The molecule has 198 valence electrons. The minimum Gasteiger partial charge on any atom is -0.399 e. The minimum absolute atomic E-state index is 0.125. The first-order valence-electron chi connectivity index (χ1n) is 14.5. The van der Waals surface area contributed by atoms with Crippen LogP contribution in [0.25, 0.3) is 16.5 Å². The summed E-state index contributed by atoms with van der Waals surface area (Å²) in [7, 11) is 0. The van der Waals surface area contributed by atoms with E-state index in [4.69, 9.17) is 5.73 Å². The Balaban J connectivity index is 1.34. The Morgan fingerprint density at radius 1 is 1.00 bits per heavy atom. The van der Waals surface area contributed by atoms with Crippen LogP contribution < -0.4 is 16.0 Å². The first kappa shape index (κ1) is 24.0. The van der Waals surface area contributed by atoms with Crippen LogP contribution in [0, 0.1) is 0 Å². The zero-order valence-electron chi connectivity index (χ0n) is 22.7. The monoisotopic (exact) mass is 509 g/mol. The molecular formula is C32H39N5O. The molecule has 0 bridgehead atoms. The van der Waals surface area contributed by atoms with E-state index in [-0.39, 0.29) is 11.2 Å². The maximum Gasteiger partial charge on any atom is 0.195 e. The van der Waals surface area contributed by atoms with Gasteiger partial charge in [-0.1, -0.05) is 26.0 Å². The van der Waals surface area contributed by atoms with Crippen molar-refractivity contribution in [3.05, 3.63) is 64.4 Å². The number of rotatable bonds is 3. The van der Waals surface area contributed by atoms with Crippen LogP contribution >= 0.6 is 0 Å². The largest absolute Gasteiger partial charge is 0.399 e. The molecule has 3 aliphatic heterocycles. The lowest BCUT2D eigenvalue weighted by Gasteiger charge is -2.40. The van der Waals surface area contributed by atoms with Crippen LogP contribution in [-0.2, 0) is 5.41 Å².